The van der Waals surface area contributed by atoms with Crippen LogP contribution >= 0.6 is 6.89 Å². The van der Waals surface area contributed by atoms with Gasteiger partial charge in [-0.25, -0.2) is 4.79 Å². The number of amides is 2. The molecular weight excluding hydrogens is 545 g/mol. The molecular formula is C35H32NO5P. The van der Waals surface area contributed by atoms with Gasteiger partial charge in [0.15, 0.2) is 5.78 Å². The smallest absolute Gasteiger partial charge is 0.342 e. The van der Waals surface area contributed by atoms with Crippen LogP contribution in [0.3, 0.4) is 0 Å². The topological polar surface area (TPSA) is 80.8 Å². The zero-order chi connectivity index (χ0) is 29.9. The summed E-state index contributed by atoms with van der Waals surface area (Å²) in [5.41, 5.74) is 0.489. The van der Waals surface area contributed by atoms with Gasteiger partial charge in [0, 0.05) is 0 Å². The van der Waals surface area contributed by atoms with Crippen molar-refractivity contribution in [2.45, 2.75) is 26.8 Å². The molecule has 7 heteroatoms. The van der Waals surface area contributed by atoms with Gasteiger partial charge in [-0.05, 0) is 47.8 Å². The second kappa shape index (κ2) is 12.1. The number of nitrogens with zero attached hydrogens (tertiary/aromatic N) is 1. The Labute approximate surface area is 245 Å². The zero-order valence-corrected chi connectivity index (χ0v) is 24.7. The number of carbonyl (C=O) groups is 4. The molecule has 0 aliphatic carbocycles. The summed E-state index contributed by atoms with van der Waals surface area (Å²) in [5, 5.41) is 2.29. The van der Waals surface area contributed by atoms with Gasteiger partial charge in [-0.2, -0.15) is 0 Å². The number of esters is 1. The minimum atomic E-state index is -3.21. The molecule has 1 aliphatic rings. The van der Waals surface area contributed by atoms with Gasteiger partial charge in [0.05, 0.1) is 17.7 Å². The summed E-state index contributed by atoms with van der Waals surface area (Å²) < 4.78 is 5.65. The Bertz CT molecular complexity index is 1560. The molecule has 1 heterocycles. The molecule has 0 saturated carbocycles. The largest absolute Gasteiger partial charge is 0.462 e. The van der Waals surface area contributed by atoms with Gasteiger partial charge in [0.2, 0.25) is 0 Å². The molecule has 1 aliphatic heterocycles. The predicted molar refractivity (Wildman–Crippen MR) is 167 cm³/mol. The second-order valence-corrected chi connectivity index (χ2v) is 13.7. The Morgan fingerprint density at radius 2 is 1.05 bits per heavy atom. The Balaban J connectivity index is 1.91. The van der Waals surface area contributed by atoms with Crippen LogP contribution in [-0.4, -0.2) is 46.4 Å². The second-order valence-electron chi connectivity index (χ2n) is 10.3. The average Bonchev–Trinajstić information content (AvgIpc) is 3.26. The number of fused-ring (bicyclic) bond motifs is 1. The van der Waals surface area contributed by atoms with Crippen LogP contribution in [0.15, 0.2) is 115 Å². The third-order valence-corrected chi connectivity index (χ3v) is 11.8. The lowest BCUT2D eigenvalue weighted by atomic mass is 9.96. The number of imide groups is 1. The highest BCUT2D eigenvalue weighted by Crippen LogP contribution is 2.47. The van der Waals surface area contributed by atoms with Crippen molar-refractivity contribution >= 4 is 51.7 Å². The fourth-order valence-electron chi connectivity index (χ4n) is 5.71. The van der Waals surface area contributed by atoms with Crippen molar-refractivity contribution < 1.29 is 23.9 Å². The molecule has 0 radical (unpaired) electrons. The van der Waals surface area contributed by atoms with E-state index in [0.29, 0.717) is 0 Å². The first-order valence-corrected chi connectivity index (χ1v) is 15.7. The van der Waals surface area contributed by atoms with Crippen LogP contribution in [0.4, 0.5) is 0 Å². The predicted octanol–water partition coefficient (Wildman–Crippen LogP) is 4.61. The molecule has 0 saturated heterocycles. The van der Waals surface area contributed by atoms with E-state index in [1.54, 1.807) is 45.0 Å². The number of ketones is 1. The number of carbonyl (C=O) groups excluding carboxylic acids is 4. The highest BCUT2D eigenvalue weighted by atomic mass is 31.2. The minimum absolute atomic E-state index is 0.0490. The molecule has 42 heavy (non-hydrogen) atoms. The maximum Gasteiger partial charge on any atom is 0.342 e. The minimum Gasteiger partial charge on any atom is -0.462 e. The quantitative estimate of drug-likeness (QED) is 0.126. The summed E-state index contributed by atoms with van der Waals surface area (Å²) in [5.74, 6) is -2.94. The van der Waals surface area contributed by atoms with E-state index in [2.05, 4.69) is 0 Å². The van der Waals surface area contributed by atoms with E-state index in [1.165, 1.54) is 0 Å². The van der Waals surface area contributed by atoms with Crippen molar-refractivity contribution in [1.82, 2.24) is 4.90 Å². The van der Waals surface area contributed by atoms with E-state index >= 15 is 4.79 Å². The van der Waals surface area contributed by atoms with Gasteiger partial charge < -0.3 is 4.74 Å². The van der Waals surface area contributed by atoms with Crippen LogP contribution in [0.2, 0.25) is 0 Å². The van der Waals surface area contributed by atoms with Gasteiger partial charge in [0.1, 0.15) is 11.3 Å². The van der Waals surface area contributed by atoms with Crippen molar-refractivity contribution in [3.63, 3.8) is 0 Å². The molecule has 0 bridgehead atoms. The van der Waals surface area contributed by atoms with E-state index in [0.717, 1.165) is 20.8 Å². The molecule has 212 valence electrons. The number of rotatable bonds is 9. The molecule has 4 aromatic rings. The van der Waals surface area contributed by atoms with Crippen LogP contribution < -0.4 is 15.9 Å². The van der Waals surface area contributed by atoms with Gasteiger partial charge in [-0.3, -0.25) is 19.3 Å². The van der Waals surface area contributed by atoms with Crippen LogP contribution in [0, 0.1) is 5.92 Å². The third-order valence-electron chi connectivity index (χ3n) is 7.47. The van der Waals surface area contributed by atoms with Gasteiger partial charge in [-0.15, -0.1) is 0 Å². The van der Waals surface area contributed by atoms with Crippen LogP contribution in [0.25, 0.3) is 0 Å². The highest BCUT2D eigenvalue weighted by Gasteiger charge is 2.48. The van der Waals surface area contributed by atoms with Gasteiger partial charge in [0.25, 0.3) is 11.8 Å². The van der Waals surface area contributed by atoms with Crippen molar-refractivity contribution in [3.8, 4) is 0 Å². The first-order chi connectivity index (χ1) is 20.3. The third kappa shape index (κ3) is 4.82. The molecule has 4 aromatic carbocycles. The number of Topliss-reactive ketones (excluding diaryl/α,β-unsaturated/α-hetero) is 1. The summed E-state index contributed by atoms with van der Waals surface area (Å²) in [4.78, 5) is 57.8. The summed E-state index contributed by atoms with van der Waals surface area (Å²) in [6, 6.07) is 33.8. The molecule has 1 atom stereocenters. The number of ether oxygens (including phenoxy) is 1. The lowest BCUT2D eigenvalue weighted by Crippen LogP contribution is -2.53. The monoisotopic (exact) mass is 577 g/mol. The Hall–Kier alpha value is -4.54. The summed E-state index contributed by atoms with van der Waals surface area (Å²) in [7, 11) is 0. The lowest BCUT2D eigenvalue weighted by molar-refractivity contribution is -0.135. The van der Waals surface area contributed by atoms with Gasteiger partial charge in [-0.1, -0.05) is 117 Å². The summed E-state index contributed by atoms with van der Waals surface area (Å²) >= 11 is 0. The lowest BCUT2D eigenvalue weighted by Gasteiger charge is -2.35. The maximum absolute atomic E-state index is 15.1. The molecule has 0 aromatic heterocycles. The van der Waals surface area contributed by atoms with Crippen molar-refractivity contribution in [2.24, 2.45) is 5.92 Å². The molecule has 0 unspecified atom stereocenters. The normalized spacial score (nSPS) is 13.6. The van der Waals surface area contributed by atoms with Crippen LogP contribution in [0.5, 0.6) is 0 Å². The standard InChI is InChI=1S/C35H32NO5P/c1-4-41-35(40)32(31(37)30(24(2)3)36-33(38)28-22-14-15-23-29(28)34(36)39)42(25-16-8-5-9-17-25,26-18-10-6-11-19-26)27-20-12-7-13-21-27/h5-24,30H,4H2,1-3H3/t30-/m1/s1. The van der Waals surface area contributed by atoms with E-state index in [-0.39, 0.29) is 23.0 Å². The molecule has 6 nitrogen and oxygen atoms in total. The van der Waals surface area contributed by atoms with Crippen molar-refractivity contribution in [1.29, 1.82) is 0 Å². The van der Waals surface area contributed by atoms with E-state index in [1.807, 2.05) is 91.0 Å². The van der Waals surface area contributed by atoms with Crippen LogP contribution in [0.1, 0.15) is 41.5 Å². The first-order valence-electron chi connectivity index (χ1n) is 14.0. The molecule has 0 spiro atoms. The number of benzene rings is 4. The van der Waals surface area contributed by atoms with Crippen LogP contribution in [-0.2, 0) is 14.3 Å². The fraction of sp³-hybridized carbons (Fsp3) is 0.171. The van der Waals surface area contributed by atoms with Crippen molar-refractivity contribution in [2.75, 3.05) is 6.61 Å². The van der Waals surface area contributed by atoms with Gasteiger partial charge >= 0.3 is 5.97 Å². The Morgan fingerprint density at radius 3 is 1.40 bits per heavy atom. The molecule has 5 rings (SSSR count). The van der Waals surface area contributed by atoms with Crippen molar-refractivity contribution in [3.05, 3.63) is 126 Å². The number of hydrogen-bond acceptors (Lipinski definition) is 5. The fourth-order valence-corrected chi connectivity index (χ4v) is 10.0. The maximum atomic E-state index is 15.1. The summed E-state index contributed by atoms with van der Waals surface area (Å²) in [6.07, 6.45) is 0. The zero-order valence-electron chi connectivity index (χ0n) is 23.8. The van der Waals surface area contributed by atoms with E-state index in [4.69, 9.17) is 4.74 Å². The molecule has 0 N–H and O–H groups in total. The average molecular weight is 578 g/mol. The molecule has 2 amide bonds. The first kappa shape index (κ1) is 29.0. The molecule has 0 fully saturated rings. The Morgan fingerprint density at radius 1 is 0.667 bits per heavy atom. The highest BCUT2D eigenvalue weighted by molar-refractivity contribution is 7.97. The van der Waals surface area contributed by atoms with E-state index < -0.39 is 42.4 Å². The SMILES string of the molecule is CCOC(=O)C(C(=O)[C@@H](C(C)C)N1C(=O)c2ccccc2C1=O)=P(c1ccccc1)(c1ccccc1)c1ccccc1. The summed E-state index contributed by atoms with van der Waals surface area (Å²) in [6.45, 7) is 2.09. The van der Waals surface area contributed by atoms with E-state index in [9.17, 15) is 14.4 Å². The Kier molecular flexibility index (Phi) is 8.37. The number of hydrogen-bond donors (Lipinski definition) is 0.